The number of thiophene rings is 1. The molecule has 5 rings (SSSR count). The highest BCUT2D eigenvalue weighted by molar-refractivity contribution is 7.52. The molecule has 0 saturated carbocycles. The summed E-state index contributed by atoms with van der Waals surface area (Å²) in [5.74, 6) is -0.442. The molecule has 0 aliphatic carbocycles. The Balaban J connectivity index is 1.34. The molecule has 1 saturated heterocycles. The van der Waals surface area contributed by atoms with Gasteiger partial charge in [0.25, 0.3) is 0 Å². The van der Waals surface area contributed by atoms with Gasteiger partial charge in [0.15, 0.2) is 6.23 Å². The molecule has 12 nitrogen and oxygen atoms in total. The second-order valence-electron chi connectivity index (χ2n) is 8.81. The Morgan fingerprint density at radius 3 is 2.72 bits per heavy atom. The van der Waals surface area contributed by atoms with Crippen molar-refractivity contribution in [2.45, 2.75) is 37.5 Å². The van der Waals surface area contributed by atoms with Gasteiger partial charge in [0.05, 0.1) is 19.4 Å². The topological polar surface area (TPSA) is 154 Å². The van der Waals surface area contributed by atoms with Crippen molar-refractivity contribution in [3.05, 3.63) is 65.7 Å². The van der Waals surface area contributed by atoms with Crippen LogP contribution in [0.4, 0.5) is 0 Å². The van der Waals surface area contributed by atoms with Gasteiger partial charge < -0.3 is 28.8 Å². The smallest absolute Gasteiger partial charge is 0.459 e. The van der Waals surface area contributed by atoms with Crippen LogP contribution in [0.15, 0.2) is 65.7 Å². The van der Waals surface area contributed by atoms with Gasteiger partial charge in [-0.15, -0.1) is 0 Å². The minimum Gasteiger partial charge on any atom is -0.468 e. The largest absolute Gasteiger partial charge is 0.468 e. The van der Waals surface area contributed by atoms with Crippen LogP contribution in [0.25, 0.3) is 22.3 Å². The molecule has 1 aromatic carbocycles. The van der Waals surface area contributed by atoms with E-state index in [-0.39, 0.29) is 5.75 Å². The van der Waals surface area contributed by atoms with Gasteiger partial charge in [-0.05, 0) is 36.6 Å². The van der Waals surface area contributed by atoms with Crippen LogP contribution >= 0.6 is 19.1 Å². The number of hydrogen-bond donors (Lipinski definition) is 3. The first-order chi connectivity index (χ1) is 18.8. The third kappa shape index (κ3) is 5.75. The first-order valence-corrected chi connectivity index (χ1v) is 14.5. The number of carbonyl (C=O) groups excluding carboxylic acids is 1. The second kappa shape index (κ2) is 11.5. The van der Waals surface area contributed by atoms with Gasteiger partial charge in [-0.25, -0.2) is 14.5 Å². The number of methoxy groups -OCH3 is 1. The standard InChI is InChI=1S/C25H27N4O8PS/c1-15(25(32)34-2)28-38(33,37-17-6-4-3-5-7-17)35-12-19-21(30)22(31)24(36-19)29-10-8-18-20(16-9-11-39-13-16)26-14-27-23(18)29/h3-11,13-15,19,21-22,24,30-31H,12H2,1-2H3,(H,28,33)/t15-,19+,21+,22+,24+,38?/m0/s1. The van der Waals surface area contributed by atoms with Crippen molar-refractivity contribution in [2.24, 2.45) is 0 Å². The van der Waals surface area contributed by atoms with Crippen LogP contribution in [-0.4, -0.2) is 68.8 Å². The predicted octanol–water partition coefficient (Wildman–Crippen LogP) is 3.13. The summed E-state index contributed by atoms with van der Waals surface area (Å²) in [7, 11) is -2.96. The molecule has 4 aromatic rings. The van der Waals surface area contributed by atoms with Gasteiger partial charge in [-0.2, -0.15) is 16.4 Å². The van der Waals surface area contributed by atoms with Crippen molar-refractivity contribution < 1.29 is 38.1 Å². The minimum atomic E-state index is -4.17. The average molecular weight is 575 g/mol. The number of ether oxygens (including phenoxy) is 2. The lowest BCUT2D eigenvalue weighted by Gasteiger charge is -2.24. The zero-order chi connectivity index (χ0) is 27.6. The zero-order valence-corrected chi connectivity index (χ0v) is 22.7. The number of aliphatic hydroxyl groups is 2. The van der Waals surface area contributed by atoms with Gasteiger partial charge in [-0.3, -0.25) is 9.32 Å². The number of rotatable bonds is 10. The fraction of sp³-hybridized carbons (Fsp3) is 0.320. The number of nitrogens with zero attached hydrogens (tertiary/aromatic N) is 3. The molecule has 1 fully saturated rings. The number of aliphatic hydroxyl groups excluding tert-OH is 2. The Labute approximate surface area is 227 Å². The van der Waals surface area contributed by atoms with E-state index < -0.39 is 50.9 Å². The lowest BCUT2D eigenvalue weighted by atomic mass is 10.1. The Morgan fingerprint density at radius 2 is 2.00 bits per heavy atom. The van der Waals surface area contributed by atoms with E-state index in [0.29, 0.717) is 5.65 Å². The summed E-state index contributed by atoms with van der Waals surface area (Å²) in [6.07, 6.45) is -1.69. The molecule has 0 radical (unpaired) electrons. The van der Waals surface area contributed by atoms with E-state index in [1.165, 1.54) is 20.4 Å². The Kier molecular flexibility index (Phi) is 8.10. The number of carbonyl (C=O) groups is 1. The quantitative estimate of drug-likeness (QED) is 0.189. The van der Waals surface area contributed by atoms with E-state index in [2.05, 4.69) is 15.1 Å². The lowest BCUT2D eigenvalue weighted by molar-refractivity contribution is -0.142. The highest BCUT2D eigenvalue weighted by Gasteiger charge is 2.46. The Bertz CT molecular complexity index is 1470. The number of esters is 1. The first kappa shape index (κ1) is 27.4. The third-order valence-electron chi connectivity index (χ3n) is 6.20. The number of fused-ring (bicyclic) bond motifs is 1. The van der Waals surface area contributed by atoms with Crippen molar-refractivity contribution in [3.8, 4) is 17.0 Å². The molecule has 4 heterocycles. The van der Waals surface area contributed by atoms with E-state index in [0.717, 1.165) is 16.6 Å². The van der Waals surface area contributed by atoms with Crippen LogP contribution in [0, 0.1) is 0 Å². The molecule has 1 aliphatic heterocycles. The maximum absolute atomic E-state index is 13.6. The lowest BCUT2D eigenvalue weighted by Crippen LogP contribution is -2.37. The van der Waals surface area contributed by atoms with E-state index >= 15 is 0 Å². The molecule has 14 heteroatoms. The van der Waals surface area contributed by atoms with Gasteiger partial charge in [0, 0.05) is 22.5 Å². The number of hydrogen-bond acceptors (Lipinski definition) is 11. The maximum atomic E-state index is 13.6. The van der Waals surface area contributed by atoms with Crippen LogP contribution in [-0.2, 0) is 23.4 Å². The molecule has 0 spiro atoms. The van der Waals surface area contributed by atoms with Crippen molar-refractivity contribution in [2.75, 3.05) is 13.7 Å². The van der Waals surface area contributed by atoms with Crippen molar-refractivity contribution in [1.29, 1.82) is 0 Å². The summed E-state index contributed by atoms with van der Waals surface area (Å²) in [6.45, 7) is 1.02. The summed E-state index contributed by atoms with van der Waals surface area (Å²) in [6, 6.07) is 11.0. The molecule has 3 aromatic heterocycles. The third-order valence-corrected chi connectivity index (χ3v) is 8.53. The monoisotopic (exact) mass is 574 g/mol. The van der Waals surface area contributed by atoms with Crippen LogP contribution in [0.5, 0.6) is 5.75 Å². The van der Waals surface area contributed by atoms with Gasteiger partial charge in [0.2, 0.25) is 0 Å². The van der Waals surface area contributed by atoms with Crippen LogP contribution in [0.2, 0.25) is 0 Å². The number of para-hydroxylation sites is 1. The Morgan fingerprint density at radius 1 is 1.21 bits per heavy atom. The molecule has 6 atom stereocenters. The SMILES string of the molecule is COC(=O)[C@H](C)NP(=O)(OC[C@H]1O[C@@H](n2ccc3c(-c4ccsc4)ncnc32)[C@H](O)[C@@H]1O)Oc1ccccc1. The molecule has 3 N–H and O–H groups in total. The van der Waals surface area contributed by atoms with E-state index in [9.17, 15) is 19.6 Å². The normalized spacial score (nSPS) is 23.4. The van der Waals surface area contributed by atoms with E-state index in [1.807, 2.05) is 22.9 Å². The second-order valence-corrected chi connectivity index (χ2v) is 11.3. The maximum Gasteiger partial charge on any atom is 0.459 e. The molecule has 1 aliphatic rings. The average Bonchev–Trinajstić information content (AvgIpc) is 3.68. The molecular formula is C25H27N4O8PS. The fourth-order valence-electron chi connectivity index (χ4n) is 4.25. The first-order valence-electron chi connectivity index (χ1n) is 12.0. The van der Waals surface area contributed by atoms with Crippen LogP contribution in [0.3, 0.4) is 0 Å². The van der Waals surface area contributed by atoms with Crippen LogP contribution in [0.1, 0.15) is 13.2 Å². The zero-order valence-electron chi connectivity index (χ0n) is 21.0. The summed E-state index contributed by atoms with van der Waals surface area (Å²) in [5, 5.41) is 28.8. The summed E-state index contributed by atoms with van der Waals surface area (Å²) in [5.41, 5.74) is 2.18. The van der Waals surface area contributed by atoms with Gasteiger partial charge in [0.1, 0.15) is 42.1 Å². The summed E-state index contributed by atoms with van der Waals surface area (Å²) >= 11 is 1.55. The number of benzene rings is 1. The highest BCUT2D eigenvalue weighted by atomic mass is 32.1. The van der Waals surface area contributed by atoms with Gasteiger partial charge >= 0.3 is 13.7 Å². The van der Waals surface area contributed by atoms with Gasteiger partial charge in [-0.1, -0.05) is 18.2 Å². The molecular weight excluding hydrogens is 547 g/mol. The summed E-state index contributed by atoms with van der Waals surface area (Å²) in [4.78, 5) is 20.7. The van der Waals surface area contributed by atoms with Crippen molar-refractivity contribution in [1.82, 2.24) is 19.6 Å². The van der Waals surface area contributed by atoms with Crippen LogP contribution < -0.4 is 9.61 Å². The van der Waals surface area contributed by atoms with E-state index in [1.54, 1.807) is 52.4 Å². The molecule has 1 unspecified atom stereocenters. The molecule has 206 valence electrons. The minimum absolute atomic E-state index is 0.233. The molecule has 39 heavy (non-hydrogen) atoms. The molecule has 0 amide bonds. The molecule has 0 bridgehead atoms. The number of aromatic nitrogens is 3. The van der Waals surface area contributed by atoms with E-state index in [4.69, 9.17) is 18.5 Å². The fourth-order valence-corrected chi connectivity index (χ4v) is 6.39. The summed E-state index contributed by atoms with van der Waals surface area (Å²) < 4.78 is 37.1. The highest BCUT2D eigenvalue weighted by Crippen LogP contribution is 2.46. The Hall–Kier alpha value is -3.16. The predicted molar refractivity (Wildman–Crippen MR) is 142 cm³/mol. The van der Waals surface area contributed by atoms with Crippen molar-refractivity contribution in [3.63, 3.8) is 0 Å². The van der Waals surface area contributed by atoms with Crippen molar-refractivity contribution >= 4 is 36.1 Å². The number of nitrogens with one attached hydrogen (secondary N) is 1.